The monoisotopic (exact) mass is 236 g/mol. The molecular weight excluding hydrogens is 220 g/mol. The van der Waals surface area contributed by atoms with Gasteiger partial charge in [0.1, 0.15) is 6.54 Å². The zero-order chi connectivity index (χ0) is 12.3. The standard InChI is InChI=1S/C12H16N2O3/c15-13(16)12-6-4-11(5-7-12)10-14(17)8-2-1-3-9-14/h4-7H,1-3,8-10H2. The fourth-order valence-corrected chi connectivity index (χ4v) is 2.30. The largest absolute Gasteiger partial charge is 0.633 e. The SMILES string of the molecule is O=[N+]([O-])c1ccc(C[N+]2([O-])CCCCC2)cc1. The van der Waals surface area contributed by atoms with E-state index in [-0.39, 0.29) is 10.3 Å². The maximum absolute atomic E-state index is 12.3. The minimum absolute atomic E-state index is 0.0739. The number of hydrogen-bond donors (Lipinski definition) is 0. The van der Waals surface area contributed by atoms with Crippen molar-refractivity contribution in [2.24, 2.45) is 0 Å². The number of hydroxylamine groups is 3. The van der Waals surface area contributed by atoms with Crippen molar-refractivity contribution in [1.82, 2.24) is 0 Å². The van der Waals surface area contributed by atoms with Gasteiger partial charge in [-0.15, -0.1) is 0 Å². The first kappa shape index (κ1) is 12.0. The van der Waals surface area contributed by atoms with E-state index in [1.165, 1.54) is 12.1 Å². The highest BCUT2D eigenvalue weighted by atomic mass is 16.6. The third-order valence-corrected chi connectivity index (χ3v) is 3.25. The molecule has 1 aliphatic heterocycles. The van der Waals surface area contributed by atoms with Gasteiger partial charge in [0.2, 0.25) is 0 Å². The summed E-state index contributed by atoms with van der Waals surface area (Å²) in [7, 11) is 0. The molecule has 17 heavy (non-hydrogen) atoms. The van der Waals surface area contributed by atoms with Gasteiger partial charge in [0.15, 0.2) is 0 Å². The summed E-state index contributed by atoms with van der Waals surface area (Å²) in [5.41, 5.74) is 0.956. The van der Waals surface area contributed by atoms with E-state index in [4.69, 9.17) is 0 Å². The van der Waals surface area contributed by atoms with Crippen molar-refractivity contribution in [2.45, 2.75) is 25.8 Å². The Kier molecular flexibility index (Phi) is 3.40. The van der Waals surface area contributed by atoms with E-state index in [1.54, 1.807) is 12.1 Å². The normalized spacial score (nSPS) is 18.9. The first-order valence-corrected chi connectivity index (χ1v) is 5.89. The molecule has 0 atom stereocenters. The summed E-state index contributed by atoms with van der Waals surface area (Å²) in [6.45, 7) is 1.76. The first-order chi connectivity index (χ1) is 8.09. The van der Waals surface area contributed by atoms with Crippen molar-refractivity contribution in [3.05, 3.63) is 45.2 Å². The van der Waals surface area contributed by atoms with Gasteiger partial charge in [-0.1, -0.05) is 0 Å². The third-order valence-electron chi connectivity index (χ3n) is 3.25. The molecule has 0 aliphatic carbocycles. The molecular formula is C12H16N2O3. The summed E-state index contributed by atoms with van der Waals surface area (Å²) < 4.78 is -0.183. The molecule has 0 bridgehead atoms. The van der Waals surface area contributed by atoms with Crippen LogP contribution in [-0.2, 0) is 6.54 Å². The highest BCUT2D eigenvalue weighted by Crippen LogP contribution is 2.22. The van der Waals surface area contributed by atoms with E-state index < -0.39 is 4.92 Å². The fourth-order valence-electron chi connectivity index (χ4n) is 2.30. The Bertz CT molecular complexity index is 397. The number of nitro groups is 1. The lowest BCUT2D eigenvalue weighted by atomic mass is 10.1. The zero-order valence-corrected chi connectivity index (χ0v) is 9.67. The van der Waals surface area contributed by atoms with Gasteiger partial charge in [0.25, 0.3) is 5.69 Å². The van der Waals surface area contributed by atoms with Crippen LogP contribution in [0, 0.1) is 15.3 Å². The second-order valence-corrected chi connectivity index (χ2v) is 4.65. The smallest absolute Gasteiger partial charge is 0.269 e. The summed E-state index contributed by atoms with van der Waals surface area (Å²) >= 11 is 0. The van der Waals surface area contributed by atoms with Crippen LogP contribution in [0.5, 0.6) is 0 Å². The predicted molar refractivity (Wildman–Crippen MR) is 64.0 cm³/mol. The van der Waals surface area contributed by atoms with Crippen molar-refractivity contribution in [1.29, 1.82) is 0 Å². The second kappa shape index (κ2) is 4.81. The summed E-state index contributed by atoms with van der Waals surface area (Å²) in [4.78, 5) is 10.1. The molecule has 1 aliphatic rings. The number of hydrogen-bond acceptors (Lipinski definition) is 3. The second-order valence-electron chi connectivity index (χ2n) is 4.65. The maximum Gasteiger partial charge on any atom is 0.269 e. The topological polar surface area (TPSA) is 66.2 Å². The maximum atomic E-state index is 12.3. The van der Waals surface area contributed by atoms with Gasteiger partial charge in [-0.2, -0.15) is 0 Å². The van der Waals surface area contributed by atoms with E-state index in [0.717, 1.165) is 24.8 Å². The van der Waals surface area contributed by atoms with Crippen LogP contribution in [0.1, 0.15) is 24.8 Å². The Morgan fingerprint density at radius 2 is 1.71 bits per heavy atom. The Balaban J connectivity index is 2.05. The van der Waals surface area contributed by atoms with Gasteiger partial charge < -0.3 is 9.85 Å². The van der Waals surface area contributed by atoms with Gasteiger partial charge >= 0.3 is 0 Å². The fraction of sp³-hybridized carbons (Fsp3) is 0.500. The van der Waals surface area contributed by atoms with Gasteiger partial charge in [-0.05, 0) is 31.4 Å². The van der Waals surface area contributed by atoms with Crippen LogP contribution in [0.4, 0.5) is 5.69 Å². The molecule has 0 radical (unpaired) electrons. The molecule has 1 fully saturated rings. The molecule has 1 aromatic carbocycles. The molecule has 5 nitrogen and oxygen atoms in total. The number of nitro benzene ring substituents is 1. The number of non-ortho nitro benzene ring substituents is 1. The molecule has 0 aromatic heterocycles. The number of nitrogens with zero attached hydrogens (tertiary/aromatic N) is 2. The Labute approximate surface area is 100.0 Å². The molecule has 5 heteroatoms. The summed E-state index contributed by atoms with van der Waals surface area (Å²) in [6.07, 6.45) is 3.11. The molecule has 0 N–H and O–H groups in total. The molecule has 92 valence electrons. The van der Waals surface area contributed by atoms with Crippen molar-refractivity contribution >= 4 is 5.69 Å². The summed E-state index contributed by atoms with van der Waals surface area (Å²) in [6, 6.07) is 6.30. The number of benzene rings is 1. The molecule has 0 spiro atoms. The van der Waals surface area contributed by atoms with Crippen LogP contribution in [0.3, 0.4) is 0 Å². The number of quaternary nitrogens is 1. The highest BCUT2D eigenvalue weighted by molar-refractivity contribution is 5.32. The van der Waals surface area contributed by atoms with E-state index in [1.807, 2.05) is 0 Å². The lowest BCUT2D eigenvalue weighted by molar-refractivity contribution is -0.898. The molecule has 0 saturated carbocycles. The van der Waals surface area contributed by atoms with Crippen LogP contribution in [0.15, 0.2) is 24.3 Å². The van der Waals surface area contributed by atoms with E-state index >= 15 is 0 Å². The van der Waals surface area contributed by atoms with Crippen LogP contribution >= 0.6 is 0 Å². The van der Waals surface area contributed by atoms with Crippen molar-refractivity contribution in [3.63, 3.8) is 0 Å². The number of rotatable bonds is 3. The predicted octanol–water partition coefficient (Wildman–Crippen LogP) is 2.59. The number of likely N-dealkylation sites (tertiary alicyclic amines) is 1. The molecule has 0 unspecified atom stereocenters. The van der Waals surface area contributed by atoms with E-state index in [0.29, 0.717) is 19.6 Å². The highest BCUT2D eigenvalue weighted by Gasteiger charge is 2.21. The van der Waals surface area contributed by atoms with Gasteiger partial charge in [0, 0.05) is 17.7 Å². The summed E-state index contributed by atoms with van der Waals surface area (Å²) in [5, 5.41) is 22.8. The van der Waals surface area contributed by atoms with Crippen LogP contribution in [0.25, 0.3) is 0 Å². The average molecular weight is 236 g/mol. The van der Waals surface area contributed by atoms with Gasteiger partial charge in [-0.3, -0.25) is 10.1 Å². The third kappa shape index (κ3) is 3.01. The summed E-state index contributed by atoms with van der Waals surface area (Å²) in [5.74, 6) is 0. The van der Waals surface area contributed by atoms with Crippen LogP contribution in [-0.4, -0.2) is 22.7 Å². The Morgan fingerprint density at radius 1 is 1.12 bits per heavy atom. The van der Waals surface area contributed by atoms with E-state index in [2.05, 4.69) is 0 Å². The van der Waals surface area contributed by atoms with Gasteiger partial charge in [0.05, 0.1) is 18.0 Å². The lowest BCUT2D eigenvalue weighted by Gasteiger charge is -2.45. The lowest BCUT2D eigenvalue weighted by Crippen LogP contribution is -2.45. The van der Waals surface area contributed by atoms with Crippen molar-refractivity contribution in [3.8, 4) is 0 Å². The minimum Gasteiger partial charge on any atom is -0.633 e. The Morgan fingerprint density at radius 3 is 2.24 bits per heavy atom. The molecule has 1 aromatic rings. The number of piperidine rings is 1. The quantitative estimate of drug-likeness (QED) is 0.350. The first-order valence-electron chi connectivity index (χ1n) is 5.89. The average Bonchev–Trinajstić information content (AvgIpc) is 2.30. The zero-order valence-electron chi connectivity index (χ0n) is 9.67. The Hall–Kier alpha value is -1.46. The molecule has 0 amide bonds. The molecule has 1 saturated heterocycles. The van der Waals surface area contributed by atoms with Crippen molar-refractivity contribution in [2.75, 3.05) is 13.1 Å². The van der Waals surface area contributed by atoms with Crippen LogP contribution in [0.2, 0.25) is 0 Å². The molecule has 2 rings (SSSR count). The minimum atomic E-state index is -0.424. The van der Waals surface area contributed by atoms with Crippen LogP contribution < -0.4 is 0 Å². The van der Waals surface area contributed by atoms with Crippen molar-refractivity contribution < 1.29 is 9.57 Å². The van der Waals surface area contributed by atoms with E-state index in [9.17, 15) is 15.3 Å². The molecule has 1 heterocycles. The van der Waals surface area contributed by atoms with Gasteiger partial charge in [-0.25, -0.2) is 0 Å².